The van der Waals surface area contributed by atoms with Crippen molar-refractivity contribution in [1.29, 1.82) is 0 Å². The highest BCUT2D eigenvalue weighted by Crippen LogP contribution is 2.34. The van der Waals surface area contributed by atoms with Crippen LogP contribution >= 0.6 is 11.6 Å². The van der Waals surface area contributed by atoms with Crippen LogP contribution in [0.4, 0.5) is 10.5 Å². The van der Waals surface area contributed by atoms with E-state index in [9.17, 15) is 4.79 Å². The minimum atomic E-state index is -0.136. The lowest BCUT2D eigenvalue weighted by Crippen LogP contribution is -2.47. The third-order valence-corrected chi connectivity index (χ3v) is 4.11. The molecule has 0 unspecified atom stereocenters. The Kier molecular flexibility index (Phi) is 6.54. The van der Waals surface area contributed by atoms with Crippen molar-refractivity contribution in [1.82, 2.24) is 4.90 Å². The molecule has 1 atom stereocenters. The molecule has 23 heavy (non-hydrogen) atoms. The summed E-state index contributed by atoms with van der Waals surface area (Å²) < 4.78 is 11.0. The van der Waals surface area contributed by atoms with Gasteiger partial charge in [0.15, 0.2) is 5.75 Å². The van der Waals surface area contributed by atoms with Crippen LogP contribution in [0.2, 0.25) is 5.02 Å². The fourth-order valence-electron chi connectivity index (χ4n) is 2.78. The first kappa shape index (κ1) is 17.9. The first-order valence-electron chi connectivity index (χ1n) is 8.04. The van der Waals surface area contributed by atoms with Crippen molar-refractivity contribution < 1.29 is 14.3 Å². The lowest BCUT2D eigenvalue weighted by atomic mass is 10.0. The average molecular weight is 341 g/mol. The zero-order valence-corrected chi connectivity index (χ0v) is 14.7. The highest BCUT2D eigenvalue weighted by molar-refractivity contribution is 6.32. The monoisotopic (exact) mass is 340 g/mol. The molecule has 0 bridgehead atoms. The van der Waals surface area contributed by atoms with Crippen LogP contribution in [0.5, 0.6) is 5.75 Å². The quantitative estimate of drug-likeness (QED) is 0.875. The van der Waals surface area contributed by atoms with Crippen molar-refractivity contribution in [2.45, 2.75) is 45.3 Å². The summed E-state index contributed by atoms with van der Waals surface area (Å²) in [6.45, 7) is 5.14. The van der Waals surface area contributed by atoms with Crippen LogP contribution in [0.3, 0.4) is 0 Å². The van der Waals surface area contributed by atoms with Gasteiger partial charge in [0, 0.05) is 13.7 Å². The minimum absolute atomic E-state index is 0.0261. The fourth-order valence-corrected chi connectivity index (χ4v) is 3.00. The molecule has 1 aliphatic heterocycles. The van der Waals surface area contributed by atoms with Gasteiger partial charge in [-0.2, -0.15) is 0 Å². The number of carbonyl (C=O) groups excluding carboxylic acids is 1. The van der Waals surface area contributed by atoms with Crippen molar-refractivity contribution in [2.75, 3.05) is 25.6 Å². The maximum Gasteiger partial charge on any atom is 0.322 e. The van der Waals surface area contributed by atoms with Crippen LogP contribution in [-0.2, 0) is 4.74 Å². The van der Waals surface area contributed by atoms with Crippen LogP contribution in [0, 0.1) is 0 Å². The largest absolute Gasteiger partial charge is 0.487 e. The third kappa shape index (κ3) is 4.75. The number of methoxy groups -OCH3 is 1. The summed E-state index contributed by atoms with van der Waals surface area (Å²) in [5, 5.41) is 3.43. The summed E-state index contributed by atoms with van der Waals surface area (Å²) in [6, 6.07) is 5.33. The van der Waals surface area contributed by atoms with Gasteiger partial charge < -0.3 is 19.7 Å². The van der Waals surface area contributed by atoms with Crippen LogP contribution < -0.4 is 10.1 Å². The number of carbonyl (C=O) groups is 1. The van der Waals surface area contributed by atoms with Crippen molar-refractivity contribution in [3.8, 4) is 5.75 Å². The van der Waals surface area contributed by atoms with E-state index in [0.717, 1.165) is 25.8 Å². The normalized spacial score (nSPS) is 18.1. The van der Waals surface area contributed by atoms with Crippen LogP contribution in [-0.4, -0.2) is 43.3 Å². The van der Waals surface area contributed by atoms with Crippen molar-refractivity contribution >= 4 is 23.3 Å². The first-order valence-corrected chi connectivity index (χ1v) is 8.42. The number of benzene rings is 1. The Morgan fingerprint density at radius 1 is 1.43 bits per heavy atom. The van der Waals surface area contributed by atoms with E-state index in [1.807, 2.05) is 18.7 Å². The molecule has 0 saturated carbocycles. The molecule has 2 amide bonds. The summed E-state index contributed by atoms with van der Waals surface area (Å²) in [7, 11) is 1.66. The zero-order valence-electron chi connectivity index (χ0n) is 14.0. The van der Waals surface area contributed by atoms with Gasteiger partial charge in [0.25, 0.3) is 0 Å². The lowest BCUT2D eigenvalue weighted by Gasteiger charge is -2.35. The van der Waals surface area contributed by atoms with Crippen LogP contribution in [0.1, 0.15) is 33.1 Å². The zero-order chi connectivity index (χ0) is 16.8. The van der Waals surface area contributed by atoms with E-state index in [4.69, 9.17) is 21.1 Å². The van der Waals surface area contributed by atoms with Crippen LogP contribution in [0.15, 0.2) is 18.2 Å². The number of piperidine rings is 1. The second kappa shape index (κ2) is 8.41. The number of halogens is 1. The second-order valence-corrected chi connectivity index (χ2v) is 6.42. The van der Waals surface area contributed by atoms with E-state index in [1.165, 1.54) is 0 Å². The number of hydrogen-bond donors (Lipinski definition) is 1. The second-order valence-electron chi connectivity index (χ2n) is 6.01. The molecule has 1 heterocycles. The summed E-state index contributed by atoms with van der Waals surface area (Å²) in [4.78, 5) is 14.5. The van der Waals surface area contributed by atoms with Crippen LogP contribution in [0.25, 0.3) is 0 Å². The van der Waals surface area contributed by atoms with Crippen molar-refractivity contribution in [2.24, 2.45) is 0 Å². The maximum absolute atomic E-state index is 12.7. The van der Waals surface area contributed by atoms with E-state index < -0.39 is 0 Å². The molecule has 2 rings (SSSR count). The molecule has 0 radical (unpaired) electrons. The third-order valence-electron chi connectivity index (χ3n) is 3.81. The van der Waals surface area contributed by atoms with Crippen molar-refractivity contribution in [3.05, 3.63) is 23.2 Å². The number of rotatable bonds is 5. The molecular formula is C17H25ClN2O3. The number of amides is 2. The molecule has 1 aromatic rings. The first-order chi connectivity index (χ1) is 11.0. The molecule has 1 aromatic carbocycles. The number of nitrogens with one attached hydrogen (secondary N) is 1. The Balaban J connectivity index is 2.14. The fraction of sp³-hybridized carbons (Fsp3) is 0.588. The molecule has 1 aliphatic rings. The Morgan fingerprint density at radius 2 is 2.22 bits per heavy atom. The summed E-state index contributed by atoms with van der Waals surface area (Å²) >= 11 is 6.21. The predicted octanol–water partition coefficient (Wildman–Crippen LogP) is 4.16. The Morgan fingerprint density at radius 3 is 2.91 bits per heavy atom. The van der Waals surface area contributed by atoms with E-state index in [0.29, 0.717) is 23.1 Å². The topological polar surface area (TPSA) is 50.8 Å². The Labute approximate surface area is 142 Å². The molecule has 0 aromatic heterocycles. The lowest BCUT2D eigenvalue weighted by molar-refractivity contribution is 0.0877. The molecule has 1 fully saturated rings. The van der Waals surface area contributed by atoms with Gasteiger partial charge in [0.05, 0.1) is 29.5 Å². The number of hydrogen-bond acceptors (Lipinski definition) is 3. The number of anilines is 1. The van der Waals surface area contributed by atoms with Gasteiger partial charge in [0.2, 0.25) is 0 Å². The molecular weight excluding hydrogens is 316 g/mol. The highest BCUT2D eigenvalue weighted by atomic mass is 35.5. The van der Waals surface area contributed by atoms with E-state index >= 15 is 0 Å². The number of urea groups is 1. The van der Waals surface area contributed by atoms with Gasteiger partial charge in [0.1, 0.15) is 0 Å². The average Bonchev–Trinajstić information content (AvgIpc) is 2.51. The predicted molar refractivity (Wildman–Crippen MR) is 92.5 cm³/mol. The van der Waals surface area contributed by atoms with Gasteiger partial charge in [-0.3, -0.25) is 0 Å². The Bertz CT molecular complexity index is 535. The smallest absolute Gasteiger partial charge is 0.322 e. The standard InChI is InChI=1S/C17H25ClN2O3/c1-12(2)23-16-14(18)8-6-9-15(16)19-17(21)20-10-5-4-7-13(20)11-22-3/h6,8-9,12-13H,4-5,7,10-11H2,1-3H3,(H,19,21)/t13-/m1/s1. The number of para-hydroxylation sites is 1. The molecule has 1 saturated heterocycles. The minimum Gasteiger partial charge on any atom is -0.487 e. The van der Waals surface area contributed by atoms with E-state index in [-0.39, 0.29) is 18.2 Å². The number of nitrogens with zero attached hydrogens (tertiary/aromatic N) is 1. The maximum atomic E-state index is 12.7. The number of ether oxygens (including phenoxy) is 2. The summed E-state index contributed by atoms with van der Waals surface area (Å²) in [5.74, 6) is 0.512. The van der Waals surface area contributed by atoms with Gasteiger partial charge in [-0.25, -0.2) is 4.79 Å². The SMILES string of the molecule is COC[C@H]1CCCCN1C(=O)Nc1cccc(Cl)c1OC(C)C. The highest BCUT2D eigenvalue weighted by Gasteiger charge is 2.27. The van der Waals surface area contributed by atoms with E-state index in [1.54, 1.807) is 25.3 Å². The van der Waals surface area contributed by atoms with Crippen molar-refractivity contribution in [3.63, 3.8) is 0 Å². The molecule has 6 heteroatoms. The molecule has 0 aliphatic carbocycles. The summed E-state index contributed by atoms with van der Waals surface area (Å²) in [5.41, 5.74) is 0.595. The summed E-state index contributed by atoms with van der Waals surface area (Å²) in [6.07, 6.45) is 3.07. The van der Waals surface area contributed by atoms with Gasteiger partial charge in [-0.05, 0) is 45.2 Å². The van der Waals surface area contributed by atoms with E-state index in [2.05, 4.69) is 5.32 Å². The Hall–Kier alpha value is -1.46. The van der Waals surface area contributed by atoms with Gasteiger partial charge >= 0.3 is 6.03 Å². The van der Waals surface area contributed by atoms with Gasteiger partial charge in [-0.15, -0.1) is 0 Å². The molecule has 5 nitrogen and oxygen atoms in total. The molecule has 1 N–H and O–H groups in total. The van der Waals surface area contributed by atoms with Gasteiger partial charge in [-0.1, -0.05) is 17.7 Å². The molecule has 0 spiro atoms. The number of likely N-dealkylation sites (tertiary alicyclic amines) is 1. The molecule has 128 valence electrons.